The summed E-state index contributed by atoms with van der Waals surface area (Å²) in [6.45, 7) is 3.56. The Morgan fingerprint density at radius 2 is 1.86 bits per heavy atom. The topological polar surface area (TPSA) is 21.3 Å². The van der Waals surface area contributed by atoms with Crippen molar-refractivity contribution in [3.05, 3.63) is 65.2 Å². The van der Waals surface area contributed by atoms with Gasteiger partial charge in [-0.3, -0.25) is 0 Å². The van der Waals surface area contributed by atoms with Crippen LogP contribution in [-0.2, 0) is 13.2 Å². The molecule has 1 N–H and O–H groups in total. The number of hydrogen-bond donors (Lipinski definition) is 1. The third-order valence-corrected chi connectivity index (χ3v) is 3.11. The Balaban J connectivity index is 2.06. The molecule has 0 aromatic heterocycles. The summed E-state index contributed by atoms with van der Waals surface area (Å²) < 4.78 is 32.5. The third-order valence-electron chi connectivity index (χ3n) is 3.11. The molecule has 0 atom stereocenters. The Hall–Kier alpha value is -1.94. The van der Waals surface area contributed by atoms with Gasteiger partial charge in [0.25, 0.3) is 0 Å². The molecule has 0 aliphatic rings. The van der Waals surface area contributed by atoms with Gasteiger partial charge in [-0.25, -0.2) is 8.78 Å². The van der Waals surface area contributed by atoms with Crippen molar-refractivity contribution < 1.29 is 13.5 Å². The quantitative estimate of drug-likeness (QED) is 0.777. The van der Waals surface area contributed by atoms with Crippen molar-refractivity contribution in [2.45, 2.75) is 26.5 Å². The molecule has 0 saturated heterocycles. The first-order valence-electron chi connectivity index (χ1n) is 7.06. The molecule has 4 heteroatoms. The average Bonchev–Trinajstić information content (AvgIpc) is 2.48. The zero-order valence-corrected chi connectivity index (χ0v) is 12.0. The van der Waals surface area contributed by atoms with Gasteiger partial charge in [0.05, 0.1) is 0 Å². The summed E-state index contributed by atoms with van der Waals surface area (Å²) >= 11 is 0. The van der Waals surface area contributed by atoms with Gasteiger partial charge in [-0.15, -0.1) is 0 Å². The Bertz CT molecular complexity index is 587. The second kappa shape index (κ2) is 7.74. The molecule has 0 bridgehead atoms. The number of hydrogen-bond acceptors (Lipinski definition) is 2. The predicted molar refractivity (Wildman–Crippen MR) is 79.1 cm³/mol. The van der Waals surface area contributed by atoms with E-state index in [-0.39, 0.29) is 18.2 Å². The fourth-order valence-electron chi connectivity index (χ4n) is 2.00. The molecule has 0 heterocycles. The molecule has 2 nitrogen and oxygen atoms in total. The molecule has 2 aromatic carbocycles. The standard InChI is InChI=1S/C17H19F2NO/c1-2-9-20-11-14-10-15(18)7-8-17(14)21-12-13-5-3-4-6-16(13)19/h3-8,10,20H,2,9,11-12H2,1H3. The first kappa shape index (κ1) is 15.4. The van der Waals surface area contributed by atoms with Crippen LogP contribution in [0.2, 0.25) is 0 Å². The second-order valence-corrected chi connectivity index (χ2v) is 4.81. The molecule has 0 saturated carbocycles. The van der Waals surface area contributed by atoms with E-state index in [1.165, 1.54) is 18.2 Å². The van der Waals surface area contributed by atoms with Crippen LogP contribution in [-0.4, -0.2) is 6.54 Å². The first-order valence-corrected chi connectivity index (χ1v) is 7.06. The zero-order chi connectivity index (χ0) is 15.1. The highest BCUT2D eigenvalue weighted by Crippen LogP contribution is 2.21. The SMILES string of the molecule is CCCNCc1cc(F)ccc1OCc1ccccc1F. The highest BCUT2D eigenvalue weighted by molar-refractivity contribution is 5.34. The van der Waals surface area contributed by atoms with Crippen molar-refractivity contribution in [3.63, 3.8) is 0 Å². The van der Waals surface area contributed by atoms with Gasteiger partial charge < -0.3 is 10.1 Å². The lowest BCUT2D eigenvalue weighted by molar-refractivity contribution is 0.295. The van der Waals surface area contributed by atoms with Crippen LogP contribution in [0.3, 0.4) is 0 Å². The molecule has 0 aliphatic carbocycles. The first-order chi connectivity index (χ1) is 10.2. The summed E-state index contributed by atoms with van der Waals surface area (Å²) in [6, 6.07) is 10.8. The molecule has 0 unspecified atom stereocenters. The molecule has 0 aliphatic heterocycles. The normalized spacial score (nSPS) is 10.6. The van der Waals surface area contributed by atoms with E-state index in [1.54, 1.807) is 24.3 Å². The van der Waals surface area contributed by atoms with Crippen molar-refractivity contribution in [1.82, 2.24) is 5.32 Å². The van der Waals surface area contributed by atoms with E-state index in [2.05, 4.69) is 12.2 Å². The van der Waals surface area contributed by atoms with Gasteiger partial charge in [-0.05, 0) is 37.2 Å². The van der Waals surface area contributed by atoms with E-state index in [4.69, 9.17) is 4.74 Å². The summed E-state index contributed by atoms with van der Waals surface area (Å²) in [6.07, 6.45) is 1.00. The van der Waals surface area contributed by atoms with Crippen molar-refractivity contribution >= 4 is 0 Å². The van der Waals surface area contributed by atoms with E-state index in [0.717, 1.165) is 18.5 Å². The Morgan fingerprint density at radius 1 is 1.05 bits per heavy atom. The molecule has 0 fully saturated rings. The fourth-order valence-corrected chi connectivity index (χ4v) is 2.00. The summed E-state index contributed by atoms with van der Waals surface area (Å²) in [5.41, 5.74) is 1.22. The van der Waals surface area contributed by atoms with Crippen LogP contribution in [0, 0.1) is 11.6 Å². The largest absolute Gasteiger partial charge is 0.488 e. The van der Waals surface area contributed by atoms with Crippen LogP contribution in [0.25, 0.3) is 0 Å². The minimum Gasteiger partial charge on any atom is -0.488 e. The van der Waals surface area contributed by atoms with Crippen molar-refractivity contribution in [3.8, 4) is 5.75 Å². The van der Waals surface area contributed by atoms with Gasteiger partial charge >= 0.3 is 0 Å². The van der Waals surface area contributed by atoms with E-state index < -0.39 is 0 Å². The lowest BCUT2D eigenvalue weighted by Gasteiger charge is -2.12. The number of halogens is 2. The minimum atomic E-state index is -0.304. The van der Waals surface area contributed by atoms with Gasteiger partial charge in [-0.2, -0.15) is 0 Å². The summed E-state index contributed by atoms with van der Waals surface area (Å²) in [7, 11) is 0. The lowest BCUT2D eigenvalue weighted by atomic mass is 10.2. The van der Waals surface area contributed by atoms with Crippen LogP contribution in [0.5, 0.6) is 5.75 Å². The van der Waals surface area contributed by atoms with Crippen LogP contribution in [0.15, 0.2) is 42.5 Å². The summed E-state index contributed by atoms with van der Waals surface area (Å²) in [5, 5.41) is 3.21. The van der Waals surface area contributed by atoms with Gasteiger partial charge in [0, 0.05) is 17.7 Å². The van der Waals surface area contributed by atoms with Crippen LogP contribution < -0.4 is 10.1 Å². The zero-order valence-electron chi connectivity index (χ0n) is 12.0. The lowest BCUT2D eigenvalue weighted by Crippen LogP contribution is -2.15. The molecule has 0 spiro atoms. The van der Waals surface area contributed by atoms with Crippen molar-refractivity contribution in [1.29, 1.82) is 0 Å². The molecular formula is C17H19F2NO. The predicted octanol–water partition coefficient (Wildman–Crippen LogP) is 4.04. The highest BCUT2D eigenvalue weighted by Gasteiger charge is 2.07. The molecule has 2 rings (SSSR count). The van der Waals surface area contributed by atoms with E-state index >= 15 is 0 Å². The molecule has 2 aromatic rings. The maximum absolute atomic E-state index is 13.6. The van der Waals surface area contributed by atoms with Crippen LogP contribution in [0.4, 0.5) is 8.78 Å². The maximum atomic E-state index is 13.6. The van der Waals surface area contributed by atoms with E-state index in [9.17, 15) is 8.78 Å². The van der Waals surface area contributed by atoms with Crippen LogP contribution in [0.1, 0.15) is 24.5 Å². The van der Waals surface area contributed by atoms with Gasteiger partial charge in [0.15, 0.2) is 0 Å². The monoisotopic (exact) mass is 291 g/mol. The molecule has 0 radical (unpaired) electrons. The average molecular weight is 291 g/mol. The Morgan fingerprint density at radius 3 is 2.62 bits per heavy atom. The maximum Gasteiger partial charge on any atom is 0.129 e. The number of ether oxygens (including phenoxy) is 1. The fraction of sp³-hybridized carbons (Fsp3) is 0.294. The summed E-state index contributed by atoms with van der Waals surface area (Å²) in [4.78, 5) is 0. The minimum absolute atomic E-state index is 0.124. The molecular weight excluding hydrogens is 272 g/mol. The third kappa shape index (κ3) is 4.53. The Kier molecular flexibility index (Phi) is 5.69. The van der Waals surface area contributed by atoms with E-state index in [0.29, 0.717) is 17.9 Å². The Labute approximate surface area is 123 Å². The van der Waals surface area contributed by atoms with Gasteiger partial charge in [0.1, 0.15) is 24.0 Å². The second-order valence-electron chi connectivity index (χ2n) is 4.81. The van der Waals surface area contributed by atoms with Crippen molar-refractivity contribution in [2.75, 3.05) is 6.54 Å². The molecule has 21 heavy (non-hydrogen) atoms. The highest BCUT2D eigenvalue weighted by atomic mass is 19.1. The van der Waals surface area contributed by atoms with E-state index in [1.807, 2.05) is 0 Å². The van der Waals surface area contributed by atoms with Crippen molar-refractivity contribution in [2.24, 2.45) is 0 Å². The smallest absolute Gasteiger partial charge is 0.129 e. The number of nitrogens with one attached hydrogen (secondary N) is 1. The number of rotatable bonds is 7. The number of benzene rings is 2. The van der Waals surface area contributed by atoms with Gasteiger partial charge in [0.2, 0.25) is 0 Å². The summed E-state index contributed by atoms with van der Waals surface area (Å²) in [5.74, 6) is -0.0323. The van der Waals surface area contributed by atoms with Gasteiger partial charge in [-0.1, -0.05) is 25.1 Å². The molecule has 0 amide bonds. The molecule has 112 valence electrons. The van der Waals surface area contributed by atoms with Crippen LogP contribution >= 0.6 is 0 Å².